The first kappa shape index (κ1) is 33.2. The third-order valence-corrected chi connectivity index (χ3v) is 5.99. The summed E-state index contributed by atoms with van der Waals surface area (Å²) >= 11 is 0. The minimum absolute atomic E-state index is 0.370. The van der Waals surface area contributed by atoms with Crippen LogP contribution in [0.3, 0.4) is 0 Å². The number of carboxylic acid groups (broad SMARTS) is 1. The van der Waals surface area contributed by atoms with E-state index in [1.54, 1.807) is 0 Å². The summed E-state index contributed by atoms with van der Waals surface area (Å²) in [5, 5.41) is 0.555. The average molecular weight is 589 g/mol. The number of sulfonamides is 1. The first-order valence-electron chi connectivity index (χ1n) is 7.80. The van der Waals surface area contributed by atoms with Crippen molar-refractivity contribution in [1.29, 1.82) is 0 Å². The van der Waals surface area contributed by atoms with Gasteiger partial charge in [0.15, 0.2) is 0 Å². The lowest BCUT2D eigenvalue weighted by Crippen LogP contribution is -2.75. The molecule has 0 atom stereocenters. The van der Waals surface area contributed by atoms with Crippen LogP contribution >= 0.6 is 0 Å². The molecule has 0 aliphatic heterocycles. The first-order chi connectivity index (χ1) is 14.9. The summed E-state index contributed by atoms with van der Waals surface area (Å²) < 4.78 is 245. The van der Waals surface area contributed by atoms with Gasteiger partial charge in [-0.15, -0.1) is 0 Å². The minimum atomic E-state index is -8.94. The van der Waals surface area contributed by atoms with Gasteiger partial charge in [0.25, 0.3) is 10.0 Å². The number of likely N-dealkylation sites (N-methyl/N-ethyl adjacent to an activating group) is 1. The van der Waals surface area contributed by atoms with Crippen molar-refractivity contribution in [2.45, 2.75) is 53.9 Å². The predicted octanol–water partition coefficient (Wildman–Crippen LogP) is 4.69. The van der Waals surface area contributed by atoms with Crippen LogP contribution in [0.2, 0.25) is 0 Å². The van der Waals surface area contributed by atoms with Crippen LogP contribution in [-0.2, 0) is 14.8 Å². The minimum Gasteiger partial charge on any atom is -0.480 e. The largest absolute Gasteiger partial charge is 0.480 e. The van der Waals surface area contributed by atoms with E-state index in [0.717, 1.165) is 0 Å². The Labute approximate surface area is 181 Å². The zero-order chi connectivity index (χ0) is 29.1. The van der Waals surface area contributed by atoms with Crippen molar-refractivity contribution in [3.8, 4) is 0 Å². The summed E-state index contributed by atoms with van der Waals surface area (Å²) in [6.07, 6.45) is -7.92. The van der Waals surface area contributed by atoms with Gasteiger partial charge in [-0.1, -0.05) is 6.92 Å². The van der Waals surface area contributed by atoms with E-state index in [9.17, 15) is 87.8 Å². The predicted molar refractivity (Wildman–Crippen MR) is 74.5 cm³/mol. The van der Waals surface area contributed by atoms with E-state index in [-0.39, 0.29) is 0 Å². The molecule has 0 fully saturated rings. The van der Waals surface area contributed by atoms with Gasteiger partial charge in [0.1, 0.15) is 6.54 Å². The van der Waals surface area contributed by atoms with Gasteiger partial charge in [0.05, 0.1) is 0 Å². The Kier molecular flexibility index (Phi) is 8.20. The fourth-order valence-electron chi connectivity index (χ4n) is 1.99. The lowest BCUT2D eigenvalue weighted by Gasteiger charge is -2.42. The lowest BCUT2D eigenvalue weighted by atomic mass is 9.91. The second kappa shape index (κ2) is 8.64. The molecule has 35 heavy (non-hydrogen) atoms. The number of hydrogen-bond donors (Lipinski definition) is 1. The maximum absolute atomic E-state index is 13.9. The Balaban J connectivity index is 7.05. The highest BCUT2D eigenvalue weighted by atomic mass is 32.2. The van der Waals surface area contributed by atoms with E-state index in [2.05, 4.69) is 0 Å². The normalized spacial score (nSPS) is 16.1. The first-order valence-corrected chi connectivity index (χ1v) is 9.24. The van der Waals surface area contributed by atoms with E-state index < -0.39 is 80.4 Å². The van der Waals surface area contributed by atoms with Gasteiger partial charge in [0.2, 0.25) is 0 Å². The molecule has 0 radical (unpaired) electrons. The van der Waals surface area contributed by atoms with Crippen LogP contribution in [0.15, 0.2) is 0 Å². The lowest BCUT2D eigenvalue weighted by molar-refractivity contribution is -0.458. The van der Waals surface area contributed by atoms with Crippen molar-refractivity contribution in [2.24, 2.45) is 0 Å². The topological polar surface area (TPSA) is 74.7 Å². The smallest absolute Gasteiger partial charge is 0.460 e. The van der Waals surface area contributed by atoms with E-state index in [0.29, 0.717) is 6.92 Å². The van der Waals surface area contributed by atoms with Gasteiger partial charge in [-0.25, -0.2) is 8.42 Å². The van der Waals surface area contributed by atoms with Crippen LogP contribution in [0.5, 0.6) is 0 Å². The third-order valence-electron chi connectivity index (χ3n) is 4.02. The monoisotopic (exact) mass is 589 g/mol. The van der Waals surface area contributed by atoms with Crippen molar-refractivity contribution in [2.75, 3.05) is 13.1 Å². The molecule has 23 heteroatoms. The number of alkyl halides is 17. The molecule has 0 aliphatic carbocycles. The molecule has 0 amide bonds. The number of carboxylic acids is 1. The average Bonchev–Trinajstić information content (AvgIpc) is 2.63. The van der Waals surface area contributed by atoms with Crippen molar-refractivity contribution >= 4 is 16.0 Å². The van der Waals surface area contributed by atoms with Gasteiger partial charge in [-0.05, 0) is 0 Å². The summed E-state index contributed by atoms with van der Waals surface area (Å²) in [4.78, 5) is 10.4. The molecular formula is C12H8F17NO4S. The zero-order valence-corrected chi connectivity index (χ0v) is 16.7. The SMILES string of the molecule is [13CH3][13CH2]N([13CH2][13C](=O)O)S(=O)(=O)C(F)(F)C(F)(F)C(F)(F)C(F)(F)C(F)(F)C(F)(F)C(F)(F)C(F)(F)F. The van der Waals surface area contributed by atoms with Gasteiger partial charge < -0.3 is 5.11 Å². The van der Waals surface area contributed by atoms with Crippen molar-refractivity contribution < 1.29 is 93.0 Å². The molecule has 1 N–H and O–H groups in total. The van der Waals surface area contributed by atoms with E-state index in [4.69, 9.17) is 5.11 Å². The maximum atomic E-state index is 13.9. The Bertz CT molecular complexity index is 911. The molecule has 210 valence electrons. The second-order valence-corrected chi connectivity index (χ2v) is 8.27. The summed E-state index contributed by atoms with van der Waals surface area (Å²) in [5.41, 5.74) is 0. The van der Waals surface area contributed by atoms with Crippen molar-refractivity contribution in [3.63, 3.8) is 0 Å². The number of aliphatic carboxylic acids is 1. The maximum Gasteiger partial charge on any atom is 0.460 e. The van der Waals surface area contributed by atoms with Crippen LogP contribution in [0.4, 0.5) is 74.6 Å². The van der Waals surface area contributed by atoms with Crippen LogP contribution in [0, 0.1) is 0 Å². The molecule has 0 aromatic carbocycles. The molecule has 0 spiro atoms. The zero-order valence-electron chi connectivity index (χ0n) is 15.9. The highest BCUT2D eigenvalue weighted by molar-refractivity contribution is 7.90. The fraction of sp³-hybridized carbons (Fsp3) is 0.917. The number of halogens is 17. The van der Waals surface area contributed by atoms with Gasteiger partial charge in [-0.2, -0.15) is 78.9 Å². The van der Waals surface area contributed by atoms with Crippen molar-refractivity contribution in [3.05, 3.63) is 0 Å². The van der Waals surface area contributed by atoms with E-state index in [1.807, 2.05) is 0 Å². The number of rotatable bonds is 11. The number of nitrogens with zero attached hydrogens (tertiary/aromatic N) is 1. The molecule has 0 aromatic rings. The molecular weight excluding hydrogens is 581 g/mol. The van der Waals surface area contributed by atoms with E-state index >= 15 is 0 Å². The Hall–Kier alpha value is -1.81. The molecule has 0 bridgehead atoms. The van der Waals surface area contributed by atoms with Gasteiger partial charge in [-0.3, -0.25) is 4.79 Å². The Morgan fingerprint density at radius 2 is 0.914 bits per heavy atom. The molecule has 0 aliphatic rings. The molecule has 0 heterocycles. The standard InChI is InChI=1S/C12H8F17NO4S/c1-2-30(3-4(31)32)35(33,34)12(28,29)10(23,24)8(19,20)6(15,16)5(13,14)7(17,18)9(21,22)11(25,26)27/h2-3H2,1H3,(H,31,32)/i1+1,2+1,3+1,4+1. The quantitative estimate of drug-likeness (QED) is 0.281. The van der Waals surface area contributed by atoms with Gasteiger partial charge >= 0.3 is 52.9 Å². The van der Waals surface area contributed by atoms with Crippen LogP contribution in [-0.4, -0.2) is 83.9 Å². The third kappa shape index (κ3) is 4.34. The summed E-state index contributed by atoms with van der Waals surface area (Å²) in [6.45, 7) is -3.51. The van der Waals surface area contributed by atoms with Crippen LogP contribution < -0.4 is 0 Å². The summed E-state index contributed by atoms with van der Waals surface area (Å²) in [6, 6.07) is 0. The molecule has 0 aromatic heterocycles. The number of hydrogen-bond acceptors (Lipinski definition) is 3. The fourth-order valence-corrected chi connectivity index (χ4v) is 3.39. The highest BCUT2D eigenvalue weighted by Gasteiger charge is 2.96. The molecule has 0 saturated heterocycles. The second-order valence-electron chi connectivity index (χ2n) is 6.29. The van der Waals surface area contributed by atoms with E-state index in [1.165, 1.54) is 0 Å². The Morgan fingerprint density at radius 3 is 1.17 bits per heavy atom. The molecule has 0 rings (SSSR count). The number of carbonyl (C=O) groups is 1. The summed E-state index contributed by atoms with van der Waals surface area (Å²) in [5.74, 6) is -54.7. The summed E-state index contributed by atoms with van der Waals surface area (Å²) in [7, 11) is -7.58. The molecule has 0 unspecified atom stereocenters. The molecule has 5 nitrogen and oxygen atoms in total. The van der Waals surface area contributed by atoms with Crippen LogP contribution in [0.1, 0.15) is 6.92 Å². The Morgan fingerprint density at radius 1 is 0.629 bits per heavy atom. The van der Waals surface area contributed by atoms with Crippen molar-refractivity contribution in [1.82, 2.24) is 4.31 Å². The highest BCUT2D eigenvalue weighted by Crippen LogP contribution is 2.64. The van der Waals surface area contributed by atoms with Gasteiger partial charge in [0, 0.05) is 6.54 Å². The molecule has 0 saturated carbocycles. The van der Waals surface area contributed by atoms with Crippen LogP contribution in [0.25, 0.3) is 0 Å².